The minimum Gasteiger partial charge on any atom is -0.494 e. The third-order valence-corrected chi connectivity index (χ3v) is 3.27. The molecule has 2 aromatic rings. The Hall–Kier alpha value is -2.62. The molecule has 0 unspecified atom stereocenters. The lowest BCUT2D eigenvalue weighted by Gasteiger charge is -2.07. The van der Waals surface area contributed by atoms with Crippen LogP contribution >= 0.6 is 0 Å². The third kappa shape index (κ3) is 4.68. The monoisotopic (exact) mass is 313 g/mol. The van der Waals surface area contributed by atoms with Gasteiger partial charge in [-0.05, 0) is 54.8 Å². The lowest BCUT2D eigenvalue weighted by molar-refractivity contribution is -0.114. The molecule has 0 aromatic heterocycles. The first-order valence-electron chi connectivity index (χ1n) is 7.48. The van der Waals surface area contributed by atoms with Crippen LogP contribution in [0.15, 0.2) is 36.4 Å². The second kappa shape index (κ2) is 7.58. The molecule has 4 heteroatoms. The van der Waals surface area contributed by atoms with E-state index in [1.165, 1.54) is 13.0 Å². The summed E-state index contributed by atoms with van der Waals surface area (Å²) >= 11 is 0. The Morgan fingerprint density at radius 3 is 2.39 bits per heavy atom. The molecule has 0 saturated heterocycles. The number of carbonyl (C=O) groups excluding carboxylic acids is 1. The maximum atomic E-state index is 13.9. The van der Waals surface area contributed by atoms with Crippen molar-refractivity contribution in [1.29, 1.82) is 0 Å². The molecule has 1 N–H and O–H groups in total. The summed E-state index contributed by atoms with van der Waals surface area (Å²) in [5.41, 5.74) is 2.98. The van der Waals surface area contributed by atoms with Crippen molar-refractivity contribution < 1.29 is 13.9 Å². The number of ether oxygens (including phenoxy) is 1. The molecule has 0 fully saturated rings. The van der Waals surface area contributed by atoms with E-state index in [9.17, 15) is 9.18 Å². The molecule has 0 radical (unpaired) electrons. The Morgan fingerprint density at radius 1 is 1.17 bits per heavy atom. The molecule has 2 aromatic carbocycles. The van der Waals surface area contributed by atoms with Gasteiger partial charge in [-0.1, -0.05) is 24.3 Å². The molecule has 0 aliphatic rings. The second-order valence-electron chi connectivity index (χ2n) is 5.21. The second-order valence-corrected chi connectivity index (χ2v) is 5.21. The number of aryl methyl sites for hydroxylation is 1. The lowest BCUT2D eigenvalue weighted by atomic mass is 10.1. The highest BCUT2D eigenvalue weighted by atomic mass is 19.1. The molecule has 0 heterocycles. The molecule has 23 heavy (non-hydrogen) atoms. The molecule has 0 aliphatic heterocycles. The first-order chi connectivity index (χ1) is 11.0. The number of carbonyl (C=O) groups is 1. The summed E-state index contributed by atoms with van der Waals surface area (Å²) in [7, 11) is 0. The summed E-state index contributed by atoms with van der Waals surface area (Å²) in [4.78, 5) is 11.0. The number of hydrogen-bond acceptors (Lipinski definition) is 2. The topological polar surface area (TPSA) is 38.3 Å². The Morgan fingerprint density at radius 2 is 1.83 bits per heavy atom. The van der Waals surface area contributed by atoms with E-state index < -0.39 is 5.82 Å². The van der Waals surface area contributed by atoms with E-state index in [-0.39, 0.29) is 11.6 Å². The predicted octanol–water partition coefficient (Wildman–Crippen LogP) is 4.66. The van der Waals surface area contributed by atoms with Crippen LogP contribution in [0.4, 0.5) is 10.1 Å². The Balaban J connectivity index is 2.15. The number of halogens is 1. The number of hydrogen-bond donors (Lipinski definition) is 1. The van der Waals surface area contributed by atoms with Crippen molar-refractivity contribution in [3.05, 3.63) is 58.9 Å². The van der Waals surface area contributed by atoms with Gasteiger partial charge in [0.15, 0.2) is 0 Å². The zero-order valence-electron chi connectivity index (χ0n) is 13.5. The standard InChI is InChI=1S/C19H20FNO2/c1-4-23-19-10-8-15(11-13(19)2)5-6-16-7-9-18(17(20)12-16)21-14(3)22/h5-12H,4H2,1-3H3,(H,21,22)/b6-5+. The van der Waals surface area contributed by atoms with E-state index in [1.807, 2.05) is 44.2 Å². The average molecular weight is 313 g/mol. The van der Waals surface area contributed by atoms with Crippen molar-refractivity contribution in [2.45, 2.75) is 20.8 Å². The van der Waals surface area contributed by atoms with E-state index in [1.54, 1.807) is 12.1 Å². The summed E-state index contributed by atoms with van der Waals surface area (Å²) in [6, 6.07) is 10.6. The van der Waals surface area contributed by atoms with E-state index in [0.29, 0.717) is 6.61 Å². The van der Waals surface area contributed by atoms with Crippen LogP contribution in [0.2, 0.25) is 0 Å². The van der Waals surface area contributed by atoms with Gasteiger partial charge in [0.05, 0.1) is 12.3 Å². The van der Waals surface area contributed by atoms with Gasteiger partial charge in [0, 0.05) is 6.92 Å². The fourth-order valence-electron chi connectivity index (χ4n) is 2.21. The maximum Gasteiger partial charge on any atom is 0.221 e. The molecular formula is C19H20FNO2. The van der Waals surface area contributed by atoms with Crippen LogP contribution < -0.4 is 10.1 Å². The van der Waals surface area contributed by atoms with Gasteiger partial charge >= 0.3 is 0 Å². The van der Waals surface area contributed by atoms with Crippen molar-refractivity contribution >= 4 is 23.7 Å². The fraction of sp³-hybridized carbons (Fsp3) is 0.211. The van der Waals surface area contributed by atoms with E-state index in [4.69, 9.17) is 4.74 Å². The maximum absolute atomic E-state index is 13.9. The lowest BCUT2D eigenvalue weighted by Crippen LogP contribution is -2.07. The summed E-state index contributed by atoms with van der Waals surface area (Å²) in [6.07, 6.45) is 3.74. The predicted molar refractivity (Wildman–Crippen MR) is 92.0 cm³/mol. The number of amides is 1. The van der Waals surface area contributed by atoms with Crippen molar-refractivity contribution in [3.8, 4) is 5.75 Å². The largest absolute Gasteiger partial charge is 0.494 e. The van der Waals surface area contributed by atoms with Gasteiger partial charge in [0.25, 0.3) is 0 Å². The first kappa shape index (κ1) is 16.7. The molecule has 1 amide bonds. The molecule has 0 saturated carbocycles. The summed E-state index contributed by atoms with van der Waals surface area (Å²) in [5, 5.41) is 2.45. The molecule has 0 atom stereocenters. The summed E-state index contributed by atoms with van der Waals surface area (Å²) in [6.45, 7) is 5.92. The van der Waals surface area contributed by atoms with Gasteiger partial charge in [-0.25, -0.2) is 4.39 Å². The third-order valence-electron chi connectivity index (χ3n) is 3.27. The van der Waals surface area contributed by atoms with Crippen LogP contribution in [0.3, 0.4) is 0 Å². The number of benzene rings is 2. The molecule has 0 aliphatic carbocycles. The quantitative estimate of drug-likeness (QED) is 0.815. The smallest absolute Gasteiger partial charge is 0.221 e. The normalized spacial score (nSPS) is 10.8. The van der Waals surface area contributed by atoms with Crippen LogP contribution in [-0.4, -0.2) is 12.5 Å². The number of rotatable bonds is 5. The van der Waals surface area contributed by atoms with Crippen LogP contribution in [0.25, 0.3) is 12.2 Å². The van der Waals surface area contributed by atoms with Crippen molar-refractivity contribution in [1.82, 2.24) is 0 Å². The van der Waals surface area contributed by atoms with Crippen LogP contribution in [0, 0.1) is 12.7 Å². The molecule has 0 bridgehead atoms. The molecule has 120 valence electrons. The summed E-state index contributed by atoms with van der Waals surface area (Å²) < 4.78 is 19.4. The Bertz CT molecular complexity index is 738. The van der Waals surface area contributed by atoms with Crippen LogP contribution in [0.5, 0.6) is 5.75 Å². The van der Waals surface area contributed by atoms with E-state index >= 15 is 0 Å². The molecular weight excluding hydrogens is 293 g/mol. The van der Waals surface area contributed by atoms with Crippen molar-refractivity contribution in [2.75, 3.05) is 11.9 Å². The van der Waals surface area contributed by atoms with Crippen LogP contribution in [-0.2, 0) is 4.79 Å². The number of anilines is 1. The van der Waals surface area contributed by atoms with Crippen LogP contribution in [0.1, 0.15) is 30.5 Å². The van der Waals surface area contributed by atoms with Gasteiger partial charge in [0.1, 0.15) is 11.6 Å². The van der Waals surface area contributed by atoms with Gasteiger partial charge in [0.2, 0.25) is 5.91 Å². The van der Waals surface area contributed by atoms with Gasteiger partial charge in [-0.15, -0.1) is 0 Å². The van der Waals surface area contributed by atoms with Gasteiger partial charge < -0.3 is 10.1 Å². The zero-order valence-corrected chi connectivity index (χ0v) is 13.5. The Kier molecular flexibility index (Phi) is 5.52. The number of nitrogens with one attached hydrogen (secondary N) is 1. The zero-order chi connectivity index (χ0) is 16.8. The summed E-state index contributed by atoms with van der Waals surface area (Å²) in [5.74, 6) is 0.123. The highest BCUT2D eigenvalue weighted by Crippen LogP contribution is 2.21. The molecule has 2 rings (SSSR count). The van der Waals surface area contributed by atoms with Gasteiger partial charge in [-0.2, -0.15) is 0 Å². The molecule has 0 spiro atoms. The first-order valence-corrected chi connectivity index (χ1v) is 7.48. The van der Waals surface area contributed by atoms with Crippen molar-refractivity contribution in [2.24, 2.45) is 0 Å². The fourth-order valence-corrected chi connectivity index (χ4v) is 2.21. The van der Waals surface area contributed by atoms with Gasteiger partial charge in [-0.3, -0.25) is 4.79 Å². The van der Waals surface area contributed by atoms with E-state index in [2.05, 4.69) is 5.32 Å². The highest BCUT2D eigenvalue weighted by molar-refractivity contribution is 5.89. The minimum atomic E-state index is -0.453. The average Bonchev–Trinajstić information content (AvgIpc) is 2.50. The SMILES string of the molecule is CCOc1ccc(/C=C/c2ccc(NC(C)=O)c(F)c2)cc1C. The molecule has 3 nitrogen and oxygen atoms in total. The highest BCUT2D eigenvalue weighted by Gasteiger charge is 2.04. The van der Waals surface area contributed by atoms with E-state index in [0.717, 1.165) is 22.4 Å². The minimum absolute atomic E-state index is 0.187. The van der Waals surface area contributed by atoms with Crippen molar-refractivity contribution in [3.63, 3.8) is 0 Å². The Labute approximate surface area is 135 Å².